The van der Waals surface area contributed by atoms with Crippen LogP contribution in [0.25, 0.3) is 10.9 Å². The lowest BCUT2D eigenvalue weighted by molar-refractivity contribution is -0.117. The Bertz CT molecular complexity index is 447. The van der Waals surface area contributed by atoms with Crippen molar-refractivity contribution in [3.63, 3.8) is 0 Å². The Kier molecular flexibility index (Phi) is 1.73. The molecule has 4 heteroatoms. The van der Waals surface area contributed by atoms with E-state index in [9.17, 15) is 4.79 Å². The minimum Gasteiger partial charge on any atom is -0.369 e. The number of nitrogens with two attached hydrogens (primary N) is 1. The highest BCUT2D eigenvalue weighted by atomic mass is 16.1. The third-order valence-corrected chi connectivity index (χ3v) is 1.93. The van der Waals surface area contributed by atoms with E-state index in [1.165, 1.54) is 0 Å². The molecular weight excluding hydrogens is 166 g/mol. The molecule has 2 heterocycles. The Morgan fingerprint density at radius 3 is 3.23 bits per heavy atom. The normalized spacial score (nSPS) is 10.5. The molecule has 2 aromatic heterocycles. The van der Waals surface area contributed by atoms with Crippen LogP contribution in [0.15, 0.2) is 24.7 Å². The quantitative estimate of drug-likeness (QED) is 0.701. The van der Waals surface area contributed by atoms with Gasteiger partial charge in [-0.3, -0.25) is 9.78 Å². The minimum atomic E-state index is -0.329. The molecular formula is C9H9N3O. The van der Waals surface area contributed by atoms with Gasteiger partial charge in [0.1, 0.15) is 0 Å². The molecule has 0 saturated heterocycles. The van der Waals surface area contributed by atoms with Crippen LogP contribution in [0.3, 0.4) is 0 Å². The maximum atomic E-state index is 10.7. The van der Waals surface area contributed by atoms with Crippen molar-refractivity contribution in [2.75, 3.05) is 0 Å². The minimum absolute atomic E-state index is 0.256. The second kappa shape index (κ2) is 2.90. The first-order chi connectivity index (χ1) is 6.27. The van der Waals surface area contributed by atoms with Crippen LogP contribution in [-0.2, 0) is 11.2 Å². The molecule has 4 nitrogen and oxygen atoms in total. The smallest absolute Gasteiger partial charge is 0.221 e. The molecule has 0 atom stereocenters. The highest BCUT2D eigenvalue weighted by molar-refractivity contribution is 5.87. The van der Waals surface area contributed by atoms with Gasteiger partial charge in [-0.25, -0.2) is 0 Å². The molecule has 66 valence electrons. The Labute approximate surface area is 74.8 Å². The SMILES string of the molecule is NC(=O)Cc1c[nH]c2ccncc12. The van der Waals surface area contributed by atoms with Crippen LogP contribution in [-0.4, -0.2) is 15.9 Å². The molecule has 0 aliphatic heterocycles. The van der Waals surface area contributed by atoms with Crippen LogP contribution < -0.4 is 5.73 Å². The van der Waals surface area contributed by atoms with Gasteiger partial charge in [0.05, 0.1) is 6.42 Å². The van der Waals surface area contributed by atoms with Gasteiger partial charge in [-0.1, -0.05) is 0 Å². The fraction of sp³-hybridized carbons (Fsp3) is 0.111. The van der Waals surface area contributed by atoms with Gasteiger partial charge in [0.25, 0.3) is 0 Å². The van der Waals surface area contributed by atoms with Crippen LogP contribution in [0, 0.1) is 0 Å². The van der Waals surface area contributed by atoms with Crippen molar-refractivity contribution in [1.82, 2.24) is 9.97 Å². The molecule has 0 saturated carbocycles. The molecule has 0 aliphatic rings. The van der Waals surface area contributed by atoms with Gasteiger partial charge in [0.15, 0.2) is 0 Å². The molecule has 0 aromatic carbocycles. The van der Waals surface area contributed by atoms with E-state index in [4.69, 9.17) is 5.73 Å². The van der Waals surface area contributed by atoms with Gasteiger partial charge in [0, 0.05) is 29.5 Å². The summed E-state index contributed by atoms with van der Waals surface area (Å²) in [5.41, 5.74) is 6.98. The van der Waals surface area contributed by atoms with Crippen molar-refractivity contribution in [3.8, 4) is 0 Å². The molecule has 0 radical (unpaired) electrons. The zero-order valence-corrected chi connectivity index (χ0v) is 6.95. The number of nitrogens with one attached hydrogen (secondary N) is 1. The number of amides is 1. The number of hydrogen-bond donors (Lipinski definition) is 2. The van der Waals surface area contributed by atoms with Gasteiger partial charge in [-0.2, -0.15) is 0 Å². The number of hydrogen-bond acceptors (Lipinski definition) is 2. The Morgan fingerprint density at radius 1 is 1.62 bits per heavy atom. The topological polar surface area (TPSA) is 71.8 Å². The number of H-pyrrole nitrogens is 1. The molecule has 13 heavy (non-hydrogen) atoms. The van der Waals surface area contributed by atoms with Crippen molar-refractivity contribution in [3.05, 3.63) is 30.2 Å². The number of carbonyl (C=O) groups excluding carboxylic acids is 1. The number of nitrogens with zero attached hydrogens (tertiary/aromatic N) is 1. The third-order valence-electron chi connectivity index (χ3n) is 1.93. The lowest BCUT2D eigenvalue weighted by Gasteiger charge is -1.92. The summed E-state index contributed by atoms with van der Waals surface area (Å²) in [5, 5.41) is 0.960. The van der Waals surface area contributed by atoms with Crippen LogP contribution >= 0.6 is 0 Å². The Morgan fingerprint density at radius 2 is 2.46 bits per heavy atom. The monoisotopic (exact) mass is 175 g/mol. The largest absolute Gasteiger partial charge is 0.369 e. The Hall–Kier alpha value is -1.84. The van der Waals surface area contributed by atoms with Gasteiger partial charge in [-0.05, 0) is 11.6 Å². The lowest BCUT2D eigenvalue weighted by atomic mass is 10.1. The summed E-state index contributed by atoms with van der Waals surface area (Å²) in [6, 6.07) is 1.86. The van der Waals surface area contributed by atoms with E-state index in [1.807, 2.05) is 6.07 Å². The molecule has 0 aliphatic carbocycles. The maximum absolute atomic E-state index is 10.7. The maximum Gasteiger partial charge on any atom is 0.221 e. The summed E-state index contributed by atoms with van der Waals surface area (Å²) in [4.78, 5) is 17.7. The van der Waals surface area contributed by atoms with E-state index >= 15 is 0 Å². The van der Waals surface area contributed by atoms with Crippen molar-refractivity contribution in [1.29, 1.82) is 0 Å². The van der Waals surface area contributed by atoms with Crippen LogP contribution in [0.1, 0.15) is 5.56 Å². The van der Waals surface area contributed by atoms with E-state index in [2.05, 4.69) is 9.97 Å². The first kappa shape index (κ1) is 7.79. The molecule has 0 bridgehead atoms. The fourth-order valence-electron chi connectivity index (χ4n) is 1.35. The van der Waals surface area contributed by atoms with Crippen molar-refractivity contribution < 1.29 is 4.79 Å². The zero-order valence-electron chi connectivity index (χ0n) is 6.95. The van der Waals surface area contributed by atoms with Gasteiger partial charge in [0.2, 0.25) is 5.91 Å². The van der Waals surface area contributed by atoms with Crippen LogP contribution in [0.2, 0.25) is 0 Å². The molecule has 3 N–H and O–H groups in total. The van der Waals surface area contributed by atoms with Gasteiger partial charge >= 0.3 is 0 Å². The molecule has 2 rings (SSSR count). The number of pyridine rings is 1. The second-order valence-electron chi connectivity index (χ2n) is 2.88. The number of primary amides is 1. The highest BCUT2D eigenvalue weighted by Crippen LogP contribution is 2.16. The summed E-state index contributed by atoms with van der Waals surface area (Å²) in [5.74, 6) is -0.329. The summed E-state index contributed by atoms with van der Waals surface area (Å²) < 4.78 is 0. The Balaban J connectivity index is 2.51. The number of fused-ring (bicyclic) bond motifs is 1. The van der Waals surface area contributed by atoms with Crippen molar-refractivity contribution in [2.24, 2.45) is 5.73 Å². The van der Waals surface area contributed by atoms with Crippen molar-refractivity contribution >= 4 is 16.8 Å². The fourth-order valence-corrected chi connectivity index (χ4v) is 1.35. The summed E-state index contributed by atoms with van der Waals surface area (Å²) in [6.45, 7) is 0. The number of carbonyl (C=O) groups is 1. The predicted octanol–water partition coefficient (Wildman–Crippen LogP) is 0.591. The van der Waals surface area contributed by atoms with Gasteiger partial charge < -0.3 is 10.7 Å². The second-order valence-corrected chi connectivity index (χ2v) is 2.88. The molecule has 1 amide bonds. The average molecular weight is 175 g/mol. The predicted molar refractivity (Wildman–Crippen MR) is 49.0 cm³/mol. The molecule has 0 spiro atoms. The standard InChI is InChI=1S/C9H9N3O/c10-9(13)3-6-4-12-8-1-2-11-5-7(6)8/h1-2,4-5,12H,3H2,(H2,10,13). The van der Waals surface area contributed by atoms with Crippen LogP contribution in [0.4, 0.5) is 0 Å². The van der Waals surface area contributed by atoms with Crippen LogP contribution in [0.5, 0.6) is 0 Å². The van der Waals surface area contributed by atoms with E-state index in [0.29, 0.717) is 0 Å². The van der Waals surface area contributed by atoms with E-state index in [1.54, 1.807) is 18.6 Å². The van der Waals surface area contributed by atoms with E-state index < -0.39 is 0 Å². The summed E-state index contributed by atoms with van der Waals surface area (Å²) >= 11 is 0. The zero-order chi connectivity index (χ0) is 9.26. The summed E-state index contributed by atoms with van der Waals surface area (Å²) in [6.07, 6.45) is 5.47. The molecule has 0 fully saturated rings. The summed E-state index contributed by atoms with van der Waals surface area (Å²) in [7, 11) is 0. The van der Waals surface area contributed by atoms with E-state index in [0.717, 1.165) is 16.5 Å². The van der Waals surface area contributed by atoms with Gasteiger partial charge in [-0.15, -0.1) is 0 Å². The number of aromatic nitrogens is 2. The highest BCUT2D eigenvalue weighted by Gasteiger charge is 2.05. The lowest BCUT2D eigenvalue weighted by Crippen LogP contribution is -2.13. The first-order valence-electron chi connectivity index (χ1n) is 3.95. The average Bonchev–Trinajstić information content (AvgIpc) is 2.48. The number of rotatable bonds is 2. The third kappa shape index (κ3) is 1.38. The first-order valence-corrected chi connectivity index (χ1v) is 3.95. The van der Waals surface area contributed by atoms with Crippen molar-refractivity contribution in [2.45, 2.75) is 6.42 Å². The van der Waals surface area contributed by atoms with E-state index in [-0.39, 0.29) is 12.3 Å². The number of aromatic amines is 1. The molecule has 0 unspecified atom stereocenters. The molecule has 2 aromatic rings.